The van der Waals surface area contributed by atoms with E-state index in [2.05, 4.69) is 4.98 Å². The van der Waals surface area contributed by atoms with E-state index in [1.165, 1.54) is 24.4 Å². The normalized spacial score (nSPS) is 11.6. The predicted molar refractivity (Wildman–Crippen MR) is 115 cm³/mol. The molecule has 1 N–H and O–H groups in total. The fourth-order valence-electron chi connectivity index (χ4n) is 3.42. The lowest BCUT2D eigenvalue weighted by Gasteiger charge is -2.14. The summed E-state index contributed by atoms with van der Waals surface area (Å²) >= 11 is 0. The van der Waals surface area contributed by atoms with Crippen LogP contribution in [-0.4, -0.2) is 21.3 Å². The Morgan fingerprint density at radius 2 is 1.81 bits per heavy atom. The van der Waals surface area contributed by atoms with Gasteiger partial charge >= 0.3 is 6.18 Å². The summed E-state index contributed by atoms with van der Waals surface area (Å²) in [6.07, 6.45) is -0.670. The maximum absolute atomic E-state index is 12.8. The largest absolute Gasteiger partial charge is 0.438 e. The molecule has 0 saturated carbocycles. The van der Waals surface area contributed by atoms with Crippen molar-refractivity contribution in [2.24, 2.45) is 0 Å². The third kappa shape index (κ3) is 4.50. The zero-order valence-corrected chi connectivity index (χ0v) is 16.8. The van der Waals surface area contributed by atoms with E-state index in [1.807, 2.05) is 10.6 Å². The minimum absolute atomic E-state index is 0.0288. The van der Waals surface area contributed by atoms with Crippen molar-refractivity contribution in [2.45, 2.75) is 19.1 Å². The summed E-state index contributed by atoms with van der Waals surface area (Å²) in [7, 11) is 0. The zero-order chi connectivity index (χ0) is 22.7. The molecule has 0 atom stereocenters. The van der Waals surface area contributed by atoms with Crippen LogP contribution >= 0.6 is 0 Å². The molecule has 32 heavy (non-hydrogen) atoms. The SMILES string of the molecule is O=c1ccn(CCCO)c2cc(-c3cccnc3Oc3ccc(C(F)(F)F)cc3)ccc12. The van der Waals surface area contributed by atoms with Crippen molar-refractivity contribution >= 4 is 10.9 Å². The Morgan fingerprint density at radius 1 is 1.03 bits per heavy atom. The average molecular weight is 440 g/mol. The summed E-state index contributed by atoms with van der Waals surface area (Å²) in [6.45, 7) is 0.569. The first kappa shape index (κ1) is 21.6. The zero-order valence-electron chi connectivity index (χ0n) is 16.8. The van der Waals surface area contributed by atoms with Crippen molar-refractivity contribution in [2.75, 3.05) is 6.61 Å². The Morgan fingerprint density at radius 3 is 2.53 bits per heavy atom. The molecule has 0 aliphatic rings. The number of aliphatic hydroxyl groups excluding tert-OH is 1. The van der Waals surface area contributed by atoms with Gasteiger partial charge in [0.05, 0.1) is 11.1 Å². The first-order chi connectivity index (χ1) is 15.4. The minimum atomic E-state index is -4.43. The molecule has 0 bridgehead atoms. The van der Waals surface area contributed by atoms with E-state index >= 15 is 0 Å². The first-order valence-corrected chi connectivity index (χ1v) is 9.91. The van der Waals surface area contributed by atoms with Crippen LogP contribution in [0.1, 0.15) is 12.0 Å². The summed E-state index contributed by atoms with van der Waals surface area (Å²) < 4.78 is 46.1. The number of pyridine rings is 2. The van der Waals surface area contributed by atoms with Crippen LogP contribution < -0.4 is 10.2 Å². The number of halogens is 3. The van der Waals surface area contributed by atoms with Gasteiger partial charge in [-0.1, -0.05) is 6.07 Å². The first-order valence-electron chi connectivity index (χ1n) is 9.91. The summed E-state index contributed by atoms with van der Waals surface area (Å²) in [5.74, 6) is 0.449. The van der Waals surface area contributed by atoms with Crippen molar-refractivity contribution < 1.29 is 23.0 Å². The second kappa shape index (κ2) is 8.84. The molecule has 4 aromatic rings. The Labute approximate surface area is 181 Å². The Bertz CT molecular complexity index is 1300. The van der Waals surface area contributed by atoms with Gasteiger partial charge in [0, 0.05) is 42.6 Å². The molecule has 0 unspecified atom stereocenters. The van der Waals surface area contributed by atoms with Crippen LogP contribution in [0.3, 0.4) is 0 Å². The highest BCUT2D eigenvalue weighted by atomic mass is 19.4. The van der Waals surface area contributed by atoms with Crippen LogP contribution in [0, 0.1) is 0 Å². The highest BCUT2D eigenvalue weighted by Gasteiger charge is 2.30. The van der Waals surface area contributed by atoms with E-state index in [0.29, 0.717) is 29.4 Å². The Kier molecular flexibility index (Phi) is 5.96. The molecule has 0 fully saturated rings. The second-order valence-corrected chi connectivity index (χ2v) is 7.16. The molecule has 0 radical (unpaired) electrons. The van der Waals surface area contributed by atoms with Crippen molar-refractivity contribution in [3.63, 3.8) is 0 Å². The molecular weight excluding hydrogens is 421 g/mol. The molecule has 2 aromatic heterocycles. The van der Waals surface area contributed by atoms with Gasteiger partial charge in [0.25, 0.3) is 0 Å². The van der Waals surface area contributed by atoms with Crippen LogP contribution in [-0.2, 0) is 12.7 Å². The van der Waals surface area contributed by atoms with Gasteiger partial charge in [0.2, 0.25) is 5.88 Å². The molecule has 2 aromatic carbocycles. The summed E-state index contributed by atoms with van der Waals surface area (Å²) in [5, 5.41) is 9.71. The van der Waals surface area contributed by atoms with Crippen molar-refractivity contribution in [1.29, 1.82) is 0 Å². The molecule has 4 rings (SSSR count). The number of aliphatic hydroxyl groups is 1. The van der Waals surface area contributed by atoms with Crippen LogP contribution in [0.5, 0.6) is 11.6 Å². The number of fused-ring (bicyclic) bond motifs is 1. The Hall–Kier alpha value is -3.65. The molecule has 2 heterocycles. The standard InChI is InChI=1S/C24H19F3N2O3/c25-24(26,27)17-5-7-18(8-6-17)32-23-19(3-1-11-28-23)16-4-9-20-21(15-16)29(12-2-14-30)13-10-22(20)31/h1,3-11,13,15,30H,2,12,14H2. The van der Waals surface area contributed by atoms with Gasteiger partial charge in [-0.05, 0) is 60.5 Å². The van der Waals surface area contributed by atoms with Gasteiger partial charge in [-0.25, -0.2) is 4.98 Å². The number of alkyl halides is 3. The van der Waals surface area contributed by atoms with Gasteiger partial charge in [0.1, 0.15) is 5.75 Å². The number of aromatic nitrogens is 2. The van der Waals surface area contributed by atoms with E-state index in [-0.39, 0.29) is 23.7 Å². The molecular formula is C24H19F3N2O3. The number of ether oxygens (including phenoxy) is 1. The van der Waals surface area contributed by atoms with Gasteiger partial charge in [0.15, 0.2) is 5.43 Å². The smallest absolute Gasteiger partial charge is 0.416 e. The van der Waals surface area contributed by atoms with Crippen LogP contribution in [0.2, 0.25) is 0 Å². The van der Waals surface area contributed by atoms with Gasteiger partial charge in [-0.15, -0.1) is 0 Å². The minimum Gasteiger partial charge on any atom is -0.438 e. The van der Waals surface area contributed by atoms with Crippen molar-refractivity contribution in [1.82, 2.24) is 9.55 Å². The number of nitrogens with zero attached hydrogens (tertiary/aromatic N) is 2. The van der Waals surface area contributed by atoms with Gasteiger partial charge in [-0.2, -0.15) is 13.2 Å². The Balaban J connectivity index is 1.72. The molecule has 0 aliphatic carbocycles. The predicted octanol–water partition coefficient (Wildman–Crippen LogP) is 5.26. The van der Waals surface area contributed by atoms with Crippen LogP contribution in [0.4, 0.5) is 13.2 Å². The number of rotatable bonds is 6. The molecule has 8 heteroatoms. The third-order valence-corrected chi connectivity index (χ3v) is 5.01. The lowest BCUT2D eigenvalue weighted by Crippen LogP contribution is -2.09. The molecule has 164 valence electrons. The average Bonchev–Trinajstić information content (AvgIpc) is 2.79. The van der Waals surface area contributed by atoms with Crippen molar-refractivity contribution in [3.8, 4) is 22.8 Å². The highest BCUT2D eigenvalue weighted by Crippen LogP contribution is 2.34. The molecule has 5 nitrogen and oxygen atoms in total. The quantitative estimate of drug-likeness (QED) is 0.444. The fraction of sp³-hybridized carbons (Fsp3) is 0.167. The van der Waals surface area contributed by atoms with E-state index in [0.717, 1.165) is 17.7 Å². The second-order valence-electron chi connectivity index (χ2n) is 7.16. The molecule has 0 saturated heterocycles. The maximum atomic E-state index is 12.8. The summed E-state index contributed by atoms with van der Waals surface area (Å²) in [4.78, 5) is 16.5. The van der Waals surface area contributed by atoms with Crippen LogP contribution in [0.15, 0.2) is 77.9 Å². The van der Waals surface area contributed by atoms with E-state index in [4.69, 9.17) is 9.84 Å². The highest BCUT2D eigenvalue weighted by molar-refractivity contribution is 5.85. The number of aryl methyl sites for hydroxylation is 1. The van der Waals surface area contributed by atoms with Gasteiger partial charge in [-0.3, -0.25) is 4.79 Å². The fourth-order valence-corrected chi connectivity index (χ4v) is 3.42. The van der Waals surface area contributed by atoms with E-state index in [1.54, 1.807) is 30.5 Å². The monoisotopic (exact) mass is 440 g/mol. The molecule has 0 spiro atoms. The lowest BCUT2D eigenvalue weighted by molar-refractivity contribution is -0.137. The lowest BCUT2D eigenvalue weighted by atomic mass is 10.0. The van der Waals surface area contributed by atoms with E-state index in [9.17, 15) is 18.0 Å². The topological polar surface area (TPSA) is 64.4 Å². The summed E-state index contributed by atoms with van der Waals surface area (Å²) in [5.41, 5.74) is 1.18. The number of hydrogen-bond acceptors (Lipinski definition) is 4. The summed E-state index contributed by atoms with van der Waals surface area (Å²) in [6, 6.07) is 14.7. The van der Waals surface area contributed by atoms with E-state index < -0.39 is 11.7 Å². The molecule has 0 aliphatic heterocycles. The third-order valence-electron chi connectivity index (χ3n) is 5.01. The van der Waals surface area contributed by atoms with Gasteiger partial charge < -0.3 is 14.4 Å². The number of hydrogen-bond donors (Lipinski definition) is 1. The van der Waals surface area contributed by atoms with Crippen LogP contribution in [0.25, 0.3) is 22.0 Å². The number of benzene rings is 2. The maximum Gasteiger partial charge on any atom is 0.416 e. The van der Waals surface area contributed by atoms with Crippen molar-refractivity contribution in [3.05, 3.63) is 88.8 Å². The molecule has 0 amide bonds.